The first-order valence-corrected chi connectivity index (χ1v) is 14.3. The molecule has 2 heterocycles. The molecule has 0 saturated carbocycles. The number of aromatic nitrogens is 1. The van der Waals surface area contributed by atoms with Crippen LogP contribution in [0.4, 0.5) is 0 Å². The number of nitrogens with two attached hydrogens (primary N) is 1. The molecule has 2 unspecified atom stereocenters. The Morgan fingerprint density at radius 1 is 1.08 bits per heavy atom. The van der Waals surface area contributed by atoms with Gasteiger partial charge in [-0.05, 0) is 56.4 Å². The molecule has 2 aromatic carbocycles. The number of H-pyrrole nitrogens is 1. The Morgan fingerprint density at radius 3 is 2.41 bits per heavy atom. The lowest BCUT2D eigenvalue weighted by Crippen LogP contribution is -2.56. The molecule has 4 atom stereocenters. The number of amides is 2. The largest absolute Gasteiger partial charge is 0.361 e. The molecular weight excluding hydrogens is 488 g/mol. The number of rotatable bonds is 8. The van der Waals surface area contributed by atoms with Crippen LogP contribution in [0, 0.1) is 12.8 Å². The molecule has 9 heteroatoms. The Kier molecular flexibility index (Phi) is 7.75. The fraction of sp³-hybridized carbons (Fsp3) is 0.429. The van der Waals surface area contributed by atoms with Gasteiger partial charge in [0.2, 0.25) is 11.8 Å². The van der Waals surface area contributed by atoms with Gasteiger partial charge in [-0.2, -0.15) is 0 Å². The first-order valence-electron chi connectivity index (χ1n) is 12.8. The Bertz CT molecular complexity index is 1380. The minimum atomic E-state index is -3.89. The van der Waals surface area contributed by atoms with Crippen molar-refractivity contribution in [1.29, 1.82) is 0 Å². The fourth-order valence-electron chi connectivity index (χ4n) is 5.14. The highest BCUT2D eigenvalue weighted by atomic mass is 32.2. The Balaban J connectivity index is 1.81. The first-order chi connectivity index (χ1) is 17.5. The maximum atomic E-state index is 14.3. The number of benzene rings is 2. The van der Waals surface area contributed by atoms with E-state index in [4.69, 9.17) is 5.73 Å². The van der Waals surface area contributed by atoms with Gasteiger partial charge in [0.05, 0.1) is 17.0 Å². The molecule has 0 radical (unpaired) electrons. The molecule has 37 heavy (non-hydrogen) atoms. The Labute approximate surface area is 218 Å². The molecule has 1 saturated heterocycles. The topological polar surface area (TPSA) is 125 Å². The fourth-order valence-corrected chi connectivity index (χ4v) is 7.18. The summed E-state index contributed by atoms with van der Waals surface area (Å²) in [5.41, 5.74) is 8.18. The number of likely N-dealkylation sites (tertiary alicyclic amines) is 1. The van der Waals surface area contributed by atoms with Crippen LogP contribution < -0.4 is 11.1 Å². The summed E-state index contributed by atoms with van der Waals surface area (Å²) in [6.07, 6.45) is 2.96. The monoisotopic (exact) mass is 524 g/mol. The van der Waals surface area contributed by atoms with Gasteiger partial charge in [0.15, 0.2) is 9.84 Å². The lowest BCUT2D eigenvalue weighted by molar-refractivity contribution is -0.138. The Hall–Kier alpha value is -3.17. The highest BCUT2D eigenvalue weighted by Crippen LogP contribution is 2.41. The van der Waals surface area contributed by atoms with Crippen LogP contribution in [0.2, 0.25) is 0 Å². The minimum Gasteiger partial charge on any atom is -0.361 e. The minimum absolute atomic E-state index is 0.198. The summed E-state index contributed by atoms with van der Waals surface area (Å²) in [6.45, 7) is 7.61. The van der Waals surface area contributed by atoms with Crippen molar-refractivity contribution in [3.05, 3.63) is 65.9 Å². The summed E-state index contributed by atoms with van der Waals surface area (Å²) >= 11 is 0. The van der Waals surface area contributed by atoms with Crippen LogP contribution in [-0.2, 0) is 19.4 Å². The Morgan fingerprint density at radius 2 is 1.76 bits per heavy atom. The predicted octanol–water partition coefficient (Wildman–Crippen LogP) is 3.47. The average Bonchev–Trinajstić information content (AvgIpc) is 3.50. The summed E-state index contributed by atoms with van der Waals surface area (Å²) in [7, 11) is -3.89. The smallest absolute Gasteiger partial charge is 0.245 e. The highest BCUT2D eigenvalue weighted by Gasteiger charge is 2.45. The molecule has 1 aliphatic heterocycles. The third kappa shape index (κ3) is 5.29. The summed E-state index contributed by atoms with van der Waals surface area (Å²) in [5.74, 6) is -0.893. The number of fused-ring (bicyclic) bond motifs is 1. The van der Waals surface area contributed by atoms with E-state index in [-0.39, 0.29) is 16.7 Å². The van der Waals surface area contributed by atoms with Crippen LogP contribution in [0.15, 0.2) is 59.6 Å². The van der Waals surface area contributed by atoms with Crippen LogP contribution in [0.1, 0.15) is 50.0 Å². The molecule has 2 amide bonds. The predicted molar refractivity (Wildman–Crippen MR) is 145 cm³/mol. The zero-order chi connectivity index (χ0) is 26.9. The second-order valence-corrected chi connectivity index (χ2v) is 12.4. The highest BCUT2D eigenvalue weighted by molar-refractivity contribution is 7.91. The quantitative estimate of drug-likeness (QED) is 0.416. The number of nitrogens with zero attached hydrogens (tertiary/aromatic N) is 1. The number of aryl methyl sites for hydroxylation is 1. The first kappa shape index (κ1) is 26.9. The zero-order valence-corrected chi connectivity index (χ0v) is 22.6. The molecule has 198 valence electrons. The van der Waals surface area contributed by atoms with Crippen molar-refractivity contribution in [1.82, 2.24) is 15.2 Å². The van der Waals surface area contributed by atoms with E-state index in [1.807, 2.05) is 45.0 Å². The number of aromatic amines is 1. The number of hydrogen-bond donors (Lipinski definition) is 3. The molecule has 8 nitrogen and oxygen atoms in total. The summed E-state index contributed by atoms with van der Waals surface area (Å²) in [5, 5.41) is 2.62. The molecular formula is C28H36N4O4S. The molecule has 1 aliphatic rings. The number of para-hydroxylation sites is 1. The normalized spacial score (nSPS) is 18.6. The summed E-state index contributed by atoms with van der Waals surface area (Å²) < 4.78 is 28.5. The van der Waals surface area contributed by atoms with Gasteiger partial charge in [0, 0.05) is 23.6 Å². The number of nitrogens with one attached hydrogen (secondary N) is 2. The van der Waals surface area contributed by atoms with Gasteiger partial charge < -0.3 is 20.9 Å². The second kappa shape index (κ2) is 10.7. The maximum absolute atomic E-state index is 14.3. The van der Waals surface area contributed by atoms with Crippen LogP contribution in [0.3, 0.4) is 0 Å². The summed E-state index contributed by atoms with van der Waals surface area (Å²) in [6, 6.07) is 12.3. The molecule has 4 rings (SSSR count). The van der Waals surface area contributed by atoms with E-state index in [0.717, 1.165) is 16.5 Å². The van der Waals surface area contributed by atoms with Gasteiger partial charge in [0.25, 0.3) is 0 Å². The molecule has 0 bridgehead atoms. The van der Waals surface area contributed by atoms with Gasteiger partial charge in [0.1, 0.15) is 11.3 Å². The van der Waals surface area contributed by atoms with E-state index >= 15 is 0 Å². The number of carbonyl (C=O) groups is 2. The van der Waals surface area contributed by atoms with Crippen LogP contribution in [-0.4, -0.2) is 54.8 Å². The van der Waals surface area contributed by atoms with Crippen molar-refractivity contribution in [2.45, 2.75) is 68.8 Å². The zero-order valence-electron chi connectivity index (χ0n) is 21.8. The standard InChI is InChI=1S/C28H36N4O4S/c1-17(2)25(31-27(33)19(4)29)28(34)32-15-7-10-24(32)26(22-16-30-23-9-6-5-8-21(22)23)37(35,36)20-13-11-18(3)12-14-20/h5-6,8-9,11-14,16-17,19,24-26,30H,7,10,15,29H2,1-4H3,(H,31,33)/t19-,24-,25?,26?/m0/s1. The van der Waals surface area contributed by atoms with Crippen LogP contribution in [0.25, 0.3) is 10.9 Å². The van der Waals surface area contributed by atoms with Gasteiger partial charge in [-0.15, -0.1) is 0 Å². The van der Waals surface area contributed by atoms with Crippen molar-refractivity contribution < 1.29 is 18.0 Å². The van der Waals surface area contributed by atoms with Gasteiger partial charge in [-0.1, -0.05) is 49.7 Å². The SMILES string of the molecule is Cc1ccc(S(=O)(=O)C(c2c[nH]c3ccccc23)[C@@H]2CCCN2C(=O)C(NC(=O)[C@H](C)N)C(C)C)cc1. The third-order valence-corrected chi connectivity index (χ3v) is 9.35. The molecule has 0 spiro atoms. The maximum Gasteiger partial charge on any atom is 0.245 e. The molecule has 3 aromatic rings. The van der Waals surface area contributed by atoms with E-state index in [1.54, 1.807) is 42.3 Å². The van der Waals surface area contributed by atoms with Crippen molar-refractivity contribution in [2.75, 3.05) is 6.54 Å². The lowest BCUT2D eigenvalue weighted by Gasteiger charge is -2.35. The van der Waals surface area contributed by atoms with E-state index in [1.165, 1.54) is 0 Å². The van der Waals surface area contributed by atoms with Crippen molar-refractivity contribution in [3.8, 4) is 0 Å². The van der Waals surface area contributed by atoms with Crippen LogP contribution in [0.5, 0.6) is 0 Å². The number of hydrogen-bond acceptors (Lipinski definition) is 5. The van der Waals surface area contributed by atoms with Crippen LogP contribution >= 0.6 is 0 Å². The van der Waals surface area contributed by atoms with E-state index in [0.29, 0.717) is 24.9 Å². The average molecular weight is 525 g/mol. The molecule has 0 aliphatic carbocycles. The van der Waals surface area contributed by atoms with E-state index < -0.39 is 39.1 Å². The third-order valence-electron chi connectivity index (χ3n) is 7.19. The second-order valence-electron chi connectivity index (χ2n) is 10.3. The molecule has 1 aromatic heterocycles. The van der Waals surface area contributed by atoms with Crippen molar-refractivity contribution in [3.63, 3.8) is 0 Å². The van der Waals surface area contributed by atoms with E-state index in [9.17, 15) is 18.0 Å². The van der Waals surface area contributed by atoms with Gasteiger partial charge >= 0.3 is 0 Å². The van der Waals surface area contributed by atoms with Gasteiger partial charge in [-0.3, -0.25) is 9.59 Å². The molecule has 4 N–H and O–H groups in total. The summed E-state index contributed by atoms with van der Waals surface area (Å²) in [4.78, 5) is 31.3. The van der Waals surface area contributed by atoms with E-state index in [2.05, 4.69) is 10.3 Å². The van der Waals surface area contributed by atoms with Crippen molar-refractivity contribution in [2.24, 2.45) is 11.7 Å². The lowest BCUT2D eigenvalue weighted by atomic mass is 9.99. The number of carbonyl (C=O) groups excluding carboxylic acids is 2. The molecule has 1 fully saturated rings. The number of sulfone groups is 1. The van der Waals surface area contributed by atoms with Gasteiger partial charge in [-0.25, -0.2) is 8.42 Å². The van der Waals surface area contributed by atoms with Crippen molar-refractivity contribution >= 4 is 32.6 Å².